The molecule has 10 heteroatoms. The highest BCUT2D eigenvalue weighted by atomic mass is 19.4. The Morgan fingerprint density at radius 3 is 2.28 bits per heavy atom. The number of aliphatic hydroxyl groups is 2. The zero-order valence-electron chi connectivity index (χ0n) is 18.7. The highest BCUT2D eigenvalue weighted by Gasteiger charge is 2.54. The van der Waals surface area contributed by atoms with Crippen LogP contribution in [0, 0.1) is 0 Å². The average molecular weight is 464 g/mol. The summed E-state index contributed by atoms with van der Waals surface area (Å²) >= 11 is 0. The standard InChI is InChI=1S/C22H32F4N2O4/c1-13-17(27-14(2)28(3)4)18(29)19(30)20(32-13)21(22(24,25)26)31-12-16-9-7-15(8-10-16)6-5-11-23/h7-10,13,17-21,29-30H,5-6,11-12H2,1-4H3. The molecule has 6 unspecified atom stereocenters. The maximum absolute atomic E-state index is 13.8. The number of ether oxygens (including phenoxy) is 2. The lowest BCUT2D eigenvalue weighted by Crippen LogP contribution is -2.62. The summed E-state index contributed by atoms with van der Waals surface area (Å²) in [5.74, 6) is 0.536. The van der Waals surface area contributed by atoms with E-state index in [1.54, 1.807) is 50.2 Å². The zero-order valence-corrected chi connectivity index (χ0v) is 18.7. The third kappa shape index (κ3) is 6.87. The van der Waals surface area contributed by atoms with Gasteiger partial charge in [-0.2, -0.15) is 13.2 Å². The topological polar surface area (TPSA) is 74.5 Å². The molecule has 0 bridgehead atoms. The van der Waals surface area contributed by atoms with Crippen molar-refractivity contribution in [2.24, 2.45) is 4.99 Å². The molecular formula is C22H32F4N2O4. The fourth-order valence-electron chi connectivity index (χ4n) is 3.48. The highest BCUT2D eigenvalue weighted by Crippen LogP contribution is 2.34. The van der Waals surface area contributed by atoms with Crippen molar-refractivity contribution < 1.29 is 37.2 Å². The van der Waals surface area contributed by atoms with Gasteiger partial charge >= 0.3 is 6.18 Å². The first-order valence-electron chi connectivity index (χ1n) is 10.5. The van der Waals surface area contributed by atoms with E-state index in [4.69, 9.17) is 9.47 Å². The van der Waals surface area contributed by atoms with Crippen LogP contribution in [0.4, 0.5) is 17.6 Å². The number of nitrogens with zero attached hydrogens (tertiary/aromatic N) is 2. The summed E-state index contributed by atoms with van der Waals surface area (Å²) in [6.45, 7) is 2.38. The van der Waals surface area contributed by atoms with Gasteiger partial charge < -0.3 is 24.6 Å². The SMILES string of the molecule is CC(=NC1C(C)OC(C(OCc2ccc(CCCF)cc2)C(F)(F)F)C(O)C1O)N(C)C. The Hall–Kier alpha value is -1.75. The first kappa shape index (κ1) is 26.5. The molecule has 1 heterocycles. The molecule has 32 heavy (non-hydrogen) atoms. The number of halogens is 4. The van der Waals surface area contributed by atoms with Crippen LogP contribution in [0.5, 0.6) is 0 Å². The summed E-state index contributed by atoms with van der Waals surface area (Å²) in [6.07, 6.45) is -12.4. The van der Waals surface area contributed by atoms with E-state index in [2.05, 4.69) is 4.99 Å². The zero-order chi connectivity index (χ0) is 24.1. The molecule has 2 N–H and O–H groups in total. The van der Waals surface area contributed by atoms with Gasteiger partial charge in [-0.1, -0.05) is 24.3 Å². The van der Waals surface area contributed by atoms with Gasteiger partial charge in [0.05, 0.1) is 25.2 Å². The molecule has 1 saturated heterocycles. The quantitative estimate of drug-likeness (QED) is 0.352. The van der Waals surface area contributed by atoms with Gasteiger partial charge in [-0.15, -0.1) is 0 Å². The van der Waals surface area contributed by atoms with Gasteiger partial charge in [0.15, 0.2) is 6.10 Å². The second-order valence-electron chi connectivity index (χ2n) is 8.23. The number of rotatable bonds is 8. The first-order valence-corrected chi connectivity index (χ1v) is 10.5. The van der Waals surface area contributed by atoms with E-state index >= 15 is 0 Å². The first-order chi connectivity index (χ1) is 15.0. The van der Waals surface area contributed by atoms with Crippen LogP contribution in [0.2, 0.25) is 0 Å². The minimum atomic E-state index is -4.83. The van der Waals surface area contributed by atoms with Crippen molar-refractivity contribution in [1.82, 2.24) is 4.90 Å². The molecule has 1 aliphatic rings. The Morgan fingerprint density at radius 1 is 1.16 bits per heavy atom. The van der Waals surface area contributed by atoms with Gasteiger partial charge in [-0.3, -0.25) is 9.38 Å². The summed E-state index contributed by atoms with van der Waals surface area (Å²) in [6, 6.07) is 5.74. The van der Waals surface area contributed by atoms with Crippen LogP contribution in [-0.4, -0.2) is 84.5 Å². The van der Waals surface area contributed by atoms with E-state index < -0.39 is 49.4 Å². The second-order valence-corrected chi connectivity index (χ2v) is 8.23. The second kappa shape index (κ2) is 11.4. The van der Waals surface area contributed by atoms with Crippen molar-refractivity contribution in [2.75, 3.05) is 20.8 Å². The van der Waals surface area contributed by atoms with E-state index in [1.165, 1.54) is 6.92 Å². The molecule has 0 radical (unpaired) electrons. The fourth-order valence-corrected chi connectivity index (χ4v) is 3.48. The number of aliphatic imine (C=N–C) groups is 1. The molecule has 0 spiro atoms. The van der Waals surface area contributed by atoms with E-state index in [0.29, 0.717) is 24.2 Å². The smallest absolute Gasteiger partial charge is 0.388 e. The molecule has 6 nitrogen and oxygen atoms in total. The molecule has 0 aliphatic carbocycles. The van der Waals surface area contributed by atoms with Gasteiger partial charge in [-0.25, -0.2) is 0 Å². The Balaban J connectivity index is 2.13. The molecule has 0 aromatic heterocycles. The average Bonchev–Trinajstić information content (AvgIpc) is 2.72. The van der Waals surface area contributed by atoms with Gasteiger partial charge in [0.1, 0.15) is 24.4 Å². The number of hydrogen-bond donors (Lipinski definition) is 2. The summed E-state index contributed by atoms with van der Waals surface area (Å²) in [5, 5.41) is 21.0. The van der Waals surface area contributed by atoms with Gasteiger partial charge in [-0.05, 0) is 37.8 Å². The molecule has 6 atom stereocenters. The Bertz CT molecular complexity index is 742. The number of hydrogen-bond acceptors (Lipinski definition) is 5. The Kier molecular flexibility index (Phi) is 9.44. The largest absolute Gasteiger partial charge is 0.417 e. The molecule has 182 valence electrons. The summed E-state index contributed by atoms with van der Waals surface area (Å²) in [4.78, 5) is 5.97. The summed E-state index contributed by atoms with van der Waals surface area (Å²) in [5.41, 5.74) is 1.37. The monoisotopic (exact) mass is 464 g/mol. The van der Waals surface area contributed by atoms with Gasteiger partial charge in [0, 0.05) is 14.1 Å². The molecule has 1 fully saturated rings. The van der Waals surface area contributed by atoms with Crippen molar-refractivity contribution in [1.29, 1.82) is 0 Å². The van der Waals surface area contributed by atoms with E-state index in [-0.39, 0.29) is 6.61 Å². The molecule has 1 aromatic rings. The summed E-state index contributed by atoms with van der Waals surface area (Å²) < 4.78 is 64.3. The van der Waals surface area contributed by atoms with Crippen LogP contribution < -0.4 is 0 Å². The minimum absolute atomic E-state index is 0.369. The van der Waals surface area contributed by atoms with Crippen LogP contribution in [-0.2, 0) is 22.5 Å². The Labute approximate surface area is 185 Å². The third-order valence-electron chi connectivity index (χ3n) is 5.54. The van der Waals surface area contributed by atoms with Crippen molar-refractivity contribution in [3.05, 3.63) is 35.4 Å². The molecule has 0 amide bonds. The predicted molar refractivity (Wildman–Crippen MR) is 112 cm³/mol. The highest BCUT2D eigenvalue weighted by molar-refractivity contribution is 5.79. The minimum Gasteiger partial charge on any atom is -0.388 e. The van der Waals surface area contributed by atoms with Crippen LogP contribution in [0.1, 0.15) is 31.4 Å². The van der Waals surface area contributed by atoms with Crippen molar-refractivity contribution in [2.45, 2.75) is 76.0 Å². The van der Waals surface area contributed by atoms with Crippen LogP contribution in [0.3, 0.4) is 0 Å². The third-order valence-corrected chi connectivity index (χ3v) is 5.54. The molecule has 1 aromatic carbocycles. The van der Waals surface area contributed by atoms with Gasteiger partial charge in [0.25, 0.3) is 0 Å². The van der Waals surface area contributed by atoms with E-state index in [1.807, 2.05) is 0 Å². The number of benzene rings is 1. The van der Waals surface area contributed by atoms with Crippen molar-refractivity contribution >= 4 is 5.84 Å². The lowest BCUT2D eigenvalue weighted by molar-refractivity contribution is -0.293. The number of amidine groups is 1. The van der Waals surface area contributed by atoms with E-state index in [0.717, 1.165) is 5.56 Å². The molecule has 1 aliphatic heterocycles. The van der Waals surface area contributed by atoms with E-state index in [9.17, 15) is 27.8 Å². The van der Waals surface area contributed by atoms with Crippen LogP contribution in [0.15, 0.2) is 29.3 Å². The van der Waals surface area contributed by atoms with Crippen LogP contribution in [0.25, 0.3) is 0 Å². The normalized spacial score (nSPS) is 27.9. The summed E-state index contributed by atoms with van der Waals surface area (Å²) in [7, 11) is 3.47. The fraction of sp³-hybridized carbons (Fsp3) is 0.682. The maximum atomic E-state index is 13.8. The van der Waals surface area contributed by atoms with Gasteiger partial charge in [0.2, 0.25) is 0 Å². The maximum Gasteiger partial charge on any atom is 0.417 e. The number of aryl methyl sites for hydroxylation is 1. The lowest BCUT2D eigenvalue weighted by atomic mass is 9.91. The predicted octanol–water partition coefficient (Wildman–Crippen LogP) is 2.89. The number of aliphatic hydroxyl groups excluding tert-OH is 2. The molecule has 0 saturated carbocycles. The van der Waals surface area contributed by atoms with Crippen molar-refractivity contribution in [3.63, 3.8) is 0 Å². The Morgan fingerprint density at radius 2 is 1.75 bits per heavy atom. The number of alkyl halides is 4. The van der Waals surface area contributed by atoms with Crippen molar-refractivity contribution in [3.8, 4) is 0 Å². The van der Waals surface area contributed by atoms with Crippen LogP contribution >= 0.6 is 0 Å². The molecular weight excluding hydrogens is 432 g/mol. The lowest BCUT2D eigenvalue weighted by Gasteiger charge is -2.43. The molecule has 2 rings (SSSR count).